The van der Waals surface area contributed by atoms with E-state index in [2.05, 4.69) is 20.5 Å². The van der Waals surface area contributed by atoms with Crippen LogP contribution >= 0.6 is 0 Å². The van der Waals surface area contributed by atoms with Gasteiger partial charge in [-0.25, -0.2) is 4.79 Å². The standard InChI is InChI=1S/C15H16N6O2/c1-20-11-6-5-9(7-10(11)16-15(20)23)13(22)17-14-19-18-12(21(14)2)8-3-4-8/h5-8H,3-4H2,1-2H3,(H,16,23)(H,17,19,22). The van der Waals surface area contributed by atoms with Gasteiger partial charge in [-0.3, -0.25) is 19.2 Å². The maximum absolute atomic E-state index is 12.4. The van der Waals surface area contributed by atoms with E-state index in [-0.39, 0.29) is 11.6 Å². The molecule has 3 aromatic rings. The van der Waals surface area contributed by atoms with Crippen molar-refractivity contribution >= 4 is 22.9 Å². The summed E-state index contributed by atoms with van der Waals surface area (Å²) in [5.74, 6) is 1.51. The molecule has 1 aliphatic carbocycles. The molecule has 0 bridgehead atoms. The average Bonchev–Trinajstić information content (AvgIpc) is 3.26. The number of fused-ring (bicyclic) bond motifs is 1. The number of H-pyrrole nitrogens is 1. The number of imidazole rings is 1. The van der Waals surface area contributed by atoms with Gasteiger partial charge in [-0.15, -0.1) is 10.2 Å². The average molecular weight is 312 g/mol. The predicted molar refractivity (Wildman–Crippen MR) is 84.5 cm³/mol. The van der Waals surface area contributed by atoms with Gasteiger partial charge in [0.05, 0.1) is 11.0 Å². The molecule has 1 saturated carbocycles. The molecular weight excluding hydrogens is 296 g/mol. The van der Waals surface area contributed by atoms with Crippen LogP contribution < -0.4 is 11.0 Å². The Hall–Kier alpha value is -2.90. The van der Waals surface area contributed by atoms with E-state index >= 15 is 0 Å². The number of hydrogen-bond donors (Lipinski definition) is 2. The van der Waals surface area contributed by atoms with Gasteiger partial charge >= 0.3 is 5.69 Å². The lowest BCUT2D eigenvalue weighted by Crippen LogP contribution is -2.15. The molecule has 0 aliphatic heterocycles. The third kappa shape index (κ3) is 2.23. The summed E-state index contributed by atoms with van der Waals surface area (Å²) in [5, 5.41) is 10.9. The van der Waals surface area contributed by atoms with Crippen molar-refractivity contribution in [3.8, 4) is 0 Å². The Morgan fingerprint density at radius 2 is 2.04 bits per heavy atom. The summed E-state index contributed by atoms with van der Waals surface area (Å²) in [5.41, 5.74) is 1.62. The van der Waals surface area contributed by atoms with E-state index in [0.717, 1.165) is 24.2 Å². The van der Waals surface area contributed by atoms with Gasteiger partial charge in [-0.2, -0.15) is 0 Å². The Kier molecular flexibility index (Phi) is 2.87. The number of nitrogens with one attached hydrogen (secondary N) is 2. The second-order valence-corrected chi connectivity index (χ2v) is 5.89. The fourth-order valence-electron chi connectivity index (χ4n) is 2.70. The third-order valence-electron chi connectivity index (χ3n) is 4.24. The van der Waals surface area contributed by atoms with E-state index in [0.29, 0.717) is 22.9 Å². The molecular formula is C15H16N6O2. The smallest absolute Gasteiger partial charge is 0.306 e. The van der Waals surface area contributed by atoms with Crippen molar-refractivity contribution in [1.29, 1.82) is 0 Å². The second-order valence-electron chi connectivity index (χ2n) is 5.89. The second kappa shape index (κ2) is 4.80. The maximum atomic E-state index is 12.4. The molecule has 4 rings (SSSR count). The topological polar surface area (TPSA) is 97.6 Å². The summed E-state index contributed by atoms with van der Waals surface area (Å²) in [7, 11) is 3.53. The highest BCUT2D eigenvalue weighted by Crippen LogP contribution is 2.39. The Bertz CT molecular complexity index is 976. The SMILES string of the molecule is Cn1c(NC(=O)c2ccc3c(c2)[nH]c(=O)n3C)nnc1C1CC1. The zero-order valence-electron chi connectivity index (χ0n) is 12.8. The normalized spacial score (nSPS) is 14.3. The molecule has 0 atom stereocenters. The van der Waals surface area contributed by atoms with Crippen LogP contribution in [0.15, 0.2) is 23.0 Å². The van der Waals surface area contributed by atoms with Crippen LogP contribution in [-0.4, -0.2) is 30.2 Å². The van der Waals surface area contributed by atoms with E-state index in [4.69, 9.17) is 0 Å². The van der Waals surface area contributed by atoms with Crippen LogP contribution in [-0.2, 0) is 14.1 Å². The third-order valence-corrected chi connectivity index (χ3v) is 4.24. The number of carbonyl (C=O) groups excluding carboxylic acids is 1. The van der Waals surface area contributed by atoms with Crippen LogP contribution in [0, 0.1) is 0 Å². The van der Waals surface area contributed by atoms with Gasteiger partial charge in [0.15, 0.2) is 0 Å². The number of rotatable bonds is 3. The summed E-state index contributed by atoms with van der Waals surface area (Å²) < 4.78 is 3.32. The minimum atomic E-state index is -0.283. The lowest BCUT2D eigenvalue weighted by Gasteiger charge is -2.05. The van der Waals surface area contributed by atoms with Gasteiger partial charge < -0.3 is 4.98 Å². The lowest BCUT2D eigenvalue weighted by atomic mass is 10.2. The zero-order valence-corrected chi connectivity index (χ0v) is 12.8. The van der Waals surface area contributed by atoms with Gasteiger partial charge in [-0.05, 0) is 31.0 Å². The zero-order chi connectivity index (χ0) is 16.1. The molecule has 118 valence electrons. The first-order valence-corrected chi connectivity index (χ1v) is 7.44. The summed E-state index contributed by atoms with van der Waals surface area (Å²) in [6.07, 6.45) is 2.25. The summed E-state index contributed by atoms with van der Waals surface area (Å²) in [6.45, 7) is 0. The van der Waals surface area contributed by atoms with Crippen molar-refractivity contribution < 1.29 is 4.79 Å². The van der Waals surface area contributed by atoms with Crippen molar-refractivity contribution in [3.05, 3.63) is 40.1 Å². The molecule has 2 aromatic heterocycles. The number of anilines is 1. The molecule has 0 radical (unpaired) electrons. The first-order valence-electron chi connectivity index (χ1n) is 7.44. The highest BCUT2D eigenvalue weighted by atomic mass is 16.2. The van der Waals surface area contributed by atoms with E-state index in [9.17, 15) is 9.59 Å². The monoisotopic (exact) mass is 312 g/mol. The molecule has 0 unspecified atom stereocenters. The van der Waals surface area contributed by atoms with E-state index < -0.39 is 0 Å². The number of carbonyl (C=O) groups is 1. The van der Waals surface area contributed by atoms with Gasteiger partial charge in [0, 0.05) is 25.6 Å². The number of nitrogens with zero attached hydrogens (tertiary/aromatic N) is 4. The quantitative estimate of drug-likeness (QED) is 0.757. The molecule has 0 saturated heterocycles. The molecule has 1 aromatic carbocycles. The molecule has 8 nitrogen and oxygen atoms in total. The Morgan fingerprint density at radius 1 is 1.26 bits per heavy atom. The number of amides is 1. The molecule has 2 N–H and O–H groups in total. The summed E-state index contributed by atoms with van der Waals surface area (Å²) >= 11 is 0. The van der Waals surface area contributed by atoms with Crippen molar-refractivity contribution in [3.63, 3.8) is 0 Å². The van der Waals surface area contributed by atoms with Crippen LogP contribution in [0.1, 0.15) is 34.9 Å². The molecule has 2 heterocycles. The molecule has 23 heavy (non-hydrogen) atoms. The minimum absolute atomic E-state index is 0.208. The number of aromatic amines is 1. The number of benzene rings is 1. The highest BCUT2D eigenvalue weighted by molar-refractivity contribution is 6.05. The maximum Gasteiger partial charge on any atom is 0.326 e. The van der Waals surface area contributed by atoms with Crippen LogP contribution in [0.5, 0.6) is 0 Å². The number of hydrogen-bond acceptors (Lipinski definition) is 4. The van der Waals surface area contributed by atoms with E-state index in [1.54, 1.807) is 25.2 Å². The van der Waals surface area contributed by atoms with Gasteiger partial charge in [-0.1, -0.05) is 0 Å². The van der Waals surface area contributed by atoms with Crippen molar-refractivity contribution in [1.82, 2.24) is 24.3 Å². The van der Waals surface area contributed by atoms with Crippen molar-refractivity contribution in [2.45, 2.75) is 18.8 Å². The Morgan fingerprint density at radius 3 is 2.78 bits per heavy atom. The van der Waals surface area contributed by atoms with Crippen LogP contribution in [0.3, 0.4) is 0 Å². The van der Waals surface area contributed by atoms with Crippen LogP contribution in [0.4, 0.5) is 5.95 Å². The van der Waals surface area contributed by atoms with Gasteiger partial charge in [0.1, 0.15) is 5.82 Å². The first-order chi connectivity index (χ1) is 11.0. The van der Waals surface area contributed by atoms with Crippen LogP contribution in [0.2, 0.25) is 0 Å². The molecule has 1 aliphatic rings. The Labute approximate surface area is 131 Å². The summed E-state index contributed by atoms with van der Waals surface area (Å²) in [4.78, 5) is 26.7. The molecule has 0 spiro atoms. The van der Waals surface area contributed by atoms with Gasteiger partial charge in [0.2, 0.25) is 5.95 Å². The predicted octanol–water partition coefficient (Wildman–Crippen LogP) is 1.12. The van der Waals surface area contributed by atoms with E-state index in [1.165, 1.54) is 4.57 Å². The Balaban J connectivity index is 1.62. The van der Waals surface area contributed by atoms with Crippen molar-refractivity contribution in [2.75, 3.05) is 5.32 Å². The molecule has 1 fully saturated rings. The fraction of sp³-hybridized carbons (Fsp3) is 0.333. The minimum Gasteiger partial charge on any atom is -0.306 e. The summed E-state index contributed by atoms with van der Waals surface area (Å²) in [6, 6.07) is 5.09. The van der Waals surface area contributed by atoms with Crippen molar-refractivity contribution in [2.24, 2.45) is 14.1 Å². The fourth-order valence-corrected chi connectivity index (χ4v) is 2.70. The van der Waals surface area contributed by atoms with Crippen LogP contribution in [0.25, 0.3) is 11.0 Å². The molecule has 8 heteroatoms. The first kappa shape index (κ1) is 13.7. The molecule has 1 amide bonds. The number of aromatic nitrogens is 5. The number of aryl methyl sites for hydroxylation is 1. The lowest BCUT2D eigenvalue weighted by molar-refractivity contribution is 0.102. The largest absolute Gasteiger partial charge is 0.326 e. The van der Waals surface area contributed by atoms with Gasteiger partial charge in [0.25, 0.3) is 5.91 Å². The van der Waals surface area contributed by atoms with E-state index in [1.807, 2.05) is 11.6 Å². The highest BCUT2D eigenvalue weighted by Gasteiger charge is 2.29.